The zero-order valence-electron chi connectivity index (χ0n) is 9.76. The summed E-state index contributed by atoms with van der Waals surface area (Å²) in [6.07, 6.45) is 7.49. The third kappa shape index (κ3) is 2.99. The van der Waals surface area contributed by atoms with Crippen LogP contribution in [0.25, 0.3) is 5.78 Å². The Morgan fingerprint density at radius 3 is 3.18 bits per heavy atom. The van der Waals surface area contributed by atoms with Gasteiger partial charge in [0.2, 0.25) is 5.91 Å². The Morgan fingerprint density at radius 2 is 2.35 bits per heavy atom. The van der Waals surface area contributed by atoms with Gasteiger partial charge in [0.1, 0.15) is 6.33 Å². The topological polar surface area (TPSA) is 72.2 Å². The molecule has 90 valence electrons. The molecule has 0 aliphatic rings. The molecule has 0 bridgehead atoms. The van der Waals surface area contributed by atoms with E-state index in [4.69, 9.17) is 0 Å². The molecular weight excluding hydrogens is 218 g/mol. The largest absolute Gasteiger partial charge is 0.356 e. The summed E-state index contributed by atoms with van der Waals surface area (Å²) in [5.74, 6) is 0.697. The lowest BCUT2D eigenvalue weighted by Gasteiger charge is -2.03. The zero-order chi connectivity index (χ0) is 12.1. The second-order valence-corrected chi connectivity index (χ2v) is 3.77. The Labute approximate surface area is 99.1 Å². The summed E-state index contributed by atoms with van der Waals surface area (Å²) in [6.45, 7) is 2.54. The summed E-state index contributed by atoms with van der Waals surface area (Å²) in [4.78, 5) is 19.2. The molecule has 2 heterocycles. The average molecular weight is 233 g/mol. The lowest BCUT2D eigenvalue weighted by atomic mass is 10.2. The highest BCUT2D eigenvalue weighted by molar-refractivity contribution is 5.75. The van der Waals surface area contributed by atoms with Crippen molar-refractivity contribution in [2.24, 2.45) is 0 Å². The van der Waals surface area contributed by atoms with Gasteiger partial charge in [-0.2, -0.15) is 10.1 Å². The maximum atomic E-state index is 11.0. The number of hydrogen-bond acceptors (Lipinski definition) is 4. The average Bonchev–Trinajstić information content (AvgIpc) is 2.81. The van der Waals surface area contributed by atoms with Crippen LogP contribution in [0.4, 0.5) is 0 Å². The van der Waals surface area contributed by atoms with Gasteiger partial charge in [-0.15, -0.1) is 0 Å². The third-order valence-corrected chi connectivity index (χ3v) is 2.47. The Bertz CT molecular complexity index is 507. The molecule has 0 radical (unpaired) electrons. The lowest BCUT2D eigenvalue weighted by Crippen LogP contribution is -2.23. The van der Waals surface area contributed by atoms with E-state index in [-0.39, 0.29) is 5.91 Å². The van der Waals surface area contributed by atoms with Gasteiger partial charge in [0.15, 0.2) is 0 Å². The second-order valence-electron chi connectivity index (χ2n) is 3.77. The predicted octanol–water partition coefficient (Wildman–Crippen LogP) is 0.583. The van der Waals surface area contributed by atoms with Crippen molar-refractivity contribution in [3.8, 4) is 0 Å². The molecule has 0 atom stereocenters. The van der Waals surface area contributed by atoms with Crippen LogP contribution in [0, 0.1) is 0 Å². The van der Waals surface area contributed by atoms with E-state index in [2.05, 4.69) is 20.4 Å². The van der Waals surface area contributed by atoms with Crippen molar-refractivity contribution in [3.63, 3.8) is 0 Å². The highest BCUT2D eigenvalue weighted by Gasteiger charge is 2.00. The van der Waals surface area contributed by atoms with Crippen molar-refractivity contribution in [1.29, 1.82) is 0 Å². The van der Waals surface area contributed by atoms with E-state index in [9.17, 15) is 4.79 Å². The summed E-state index contributed by atoms with van der Waals surface area (Å²) < 4.78 is 1.65. The summed E-state index contributed by atoms with van der Waals surface area (Å²) in [7, 11) is 0. The van der Waals surface area contributed by atoms with Crippen LogP contribution < -0.4 is 5.32 Å². The highest BCUT2D eigenvalue weighted by Crippen LogP contribution is 2.02. The summed E-state index contributed by atoms with van der Waals surface area (Å²) in [5.41, 5.74) is 1.09. The number of aromatic nitrogens is 4. The number of hydrogen-bond donors (Lipinski definition) is 1. The van der Waals surface area contributed by atoms with E-state index in [1.807, 2.05) is 13.1 Å². The molecule has 2 aromatic rings. The van der Waals surface area contributed by atoms with Gasteiger partial charge in [-0.05, 0) is 18.4 Å². The van der Waals surface area contributed by atoms with Crippen LogP contribution in [-0.2, 0) is 11.2 Å². The molecule has 0 unspecified atom stereocenters. The van der Waals surface area contributed by atoms with Crippen LogP contribution in [0.5, 0.6) is 0 Å². The van der Waals surface area contributed by atoms with Crippen LogP contribution in [-0.4, -0.2) is 32.0 Å². The second kappa shape index (κ2) is 5.38. The smallest absolute Gasteiger partial charge is 0.252 e. The number of fused-ring (bicyclic) bond motifs is 1. The summed E-state index contributed by atoms with van der Waals surface area (Å²) >= 11 is 0. The first kappa shape index (κ1) is 11.5. The van der Waals surface area contributed by atoms with Gasteiger partial charge in [0.05, 0.1) is 0 Å². The molecular formula is C11H15N5O. The Hall–Kier alpha value is -1.98. The van der Waals surface area contributed by atoms with E-state index in [0.717, 1.165) is 18.4 Å². The molecule has 0 saturated heterocycles. The zero-order valence-corrected chi connectivity index (χ0v) is 9.76. The number of rotatable bonds is 5. The molecule has 1 N–H and O–H groups in total. The van der Waals surface area contributed by atoms with Gasteiger partial charge in [-0.3, -0.25) is 4.79 Å². The molecule has 0 spiro atoms. The Kier molecular flexibility index (Phi) is 3.64. The number of amides is 1. The van der Waals surface area contributed by atoms with Gasteiger partial charge in [-0.1, -0.05) is 6.92 Å². The standard InChI is InChI=1S/C11H15N5O/c1-2-10(17)12-5-3-4-9-6-13-11-14-8-15-16(11)7-9/h6-8H,2-5H2,1H3,(H,12,17). The summed E-state index contributed by atoms with van der Waals surface area (Å²) in [6, 6.07) is 0. The van der Waals surface area contributed by atoms with E-state index in [1.165, 1.54) is 6.33 Å². The third-order valence-electron chi connectivity index (χ3n) is 2.47. The number of nitrogens with one attached hydrogen (secondary N) is 1. The fourth-order valence-corrected chi connectivity index (χ4v) is 1.53. The molecule has 0 saturated carbocycles. The van der Waals surface area contributed by atoms with Crippen molar-refractivity contribution in [3.05, 3.63) is 24.3 Å². The fraction of sp³-hybridized carbons (Fsp3) is 0.455. The molecule has 6 heteroatoms. The van der Waals surface area contributed by atoms with Gasteiger partial charge >= 0.3 is 0 Å². The molecule has 2 rings (SSSR count). The summed E-state index contributed by atoms with van der Waals surface area (Å²) in [5, 5.41) is 6.86. The lowest BCUT2D eigenvalue weighted by molar-refractivity contribution is -0.120. The molecule has 6 nitrogen and oxygen atoms in total. The first-order valence-electron chi connectivity index (χ1n) is 5.70. The molecule has 2 aromatic heterocycles. The number of nitrogens with zero attached hydrogens (tertiary/aromatic N) is 4. The van der Waals surface area contributed by atoms with Crippen molar-refractivity contribution in [2.45, 2.75) is 26.2 Å². The number of carbonyl (C=O) groups excluding carboxylic acids is 1. The van der Waals surface area contributed by atoms with E-state index in [1.54, 1.807) is 10.7 Å². The minimum absolute atomic E-state index is 0.0925. The van der Waals surface area contributed by atoms with Gasteiger partial charge < -0.3 is 5.32 Å². The van der Waals surface area contributed by atoms with Crippen LogP contribution >= 0.6 is 0 Å². The van der Waals surface area contributed by atoms with E-state index < -0.39 is 0 Å². The minimum atomic E-state index is 0.0925. The molecule has 0 aromatic carbocycles. The van der Waals surface area contributed by atoms with Crippen LogP contribution in [0.15, 0.2) is 18.7 Å². The highest BCUT2D eigenvalue weighted by atomic mass is 16.1. The molecule has 0 aliphatic heterocycles. The van der Waals surface area contributed by atoms with Crippen LogP contribution in [0.3, 0.4) is 0 Å². The first-order chi connectivity index (χ1) is 8.29. The maximum absolute atomic E-state index is 11.0. The quantitative estimate of drug-likeness (QED) is 0.767. The van der Waals surface area contributed by atoms with E-state index in [0.29, 0.717) is 18.7 Å². The Balaban J connectivity index is 1.84. The van der Waals surface area contributed by atoms with Crippen molar-refractivity contribution in [2.75, 3.05) is 6.54 Å². The van der Waals surface area contributed by atoms with Crippen molar-refractivity contribution < 1.29 is 4.79 Å². The van der Waals surface area contributed by atoms with Crippen molar-refractivity contribution >= 4 is 11.7 Å². The van der Waals surface area contributed by atoms with Crippen LogP contribution in [0.2, 0.25) is 0 Å². The first-order valence-corrected chi connectivity index (χ1v) is 5.70. The van der Waals surface area contributed by atoms with Gasteiger partial charge in [0.25, 0.3) is 5.78 Å². The van der Waals surface area contributed by atoms with Crippen molar-refractivity contribution in [1.82, 2.24) is 24.9 Å². The minimum Gasteiger partial charge on any atom is -0.356 e. The number of aryl methyl sites for hydroxylation is 1. The number of carbonyl (C=O) groups is 1. The van der Waals surface area contributed by atoms with Gasteiger partial charge in [-0.25, -0.2) is 9.50 Å². The predicted molar refractivity (Wildman–Crippen MR) is 62.4 cm³/mol. The van der Waals surface area contributed by atoms with E-state index >= 15 is 0 Å². The fourth-order valence-electron chi connectivity index (χ4n) is 1.53. The van der Waals surface area contributed by atoms with Crippen LogP contribution in [0.1, 0.15) is 25.3 Å². The maximum Gasteiger partial charge on any atom is 0.252 e. The molecule has 0 fully saturated rings. The molecule has 1 amide bonds. The monoisotopic (exact) mass is 233 g/mol. The normalized spacial score (nSPS) is 10.6. The molecule has 17 heavy (non-hydrogen) atoms. The Morgan fingerprint density at radius 1 is 1.47 bits per heavy atom. The van der Waals surface area contributed by atoms with Gasteiger partial charge in [0, 0.05) is 25.4 Å². The molecule has 0 aliphatic carbocycles. The SMILES string of the molecule is CCC(=O)NCCCc1cnc2ncnn2c1.